The summed E-state index contributed by atoms with van der Waals surface area (Å²) in [5.41, 5.74) is 4.02. The van der Waals surface area contributed by atoms with Crippen LogP contribution in [-0.4, -0.2) is 11.5 Å². The van der Waals surface area contributed by atoms with Crippen LogP contribution in [0.5, 0.6) is 0 Å². The van der Waals surface area contributed by atoms with Crippen LogP contribution >= 0.6 is 23.5 Å². The van der Waals surface area contributed by atoms with Gasteiger partial charge >= 0.3 is 0 Å². The van der Waals surface area contributed by atoms with Crippen LogP contribution in [0.1, 0.15) is 19.3 Å². The van der Waals surface area contributed by atoms with Gasteiger partial charge in [-0.3, -0.25) is 0 Å². The van der Waals surface area contributed by atoms with Crippen LogP contribution in [-0.2, 0) is 0 Å². The molecule has 0 aromatic heterocycles. The van der Waals surface area contributed by atoms with Gasteiger partial charge in [0, 0.05) is 26.7 Å². The highest BCUT2D eigenvalue weighted by atomic mass is 32.2. The van der Waals surface area contributed by atoms with Gasteiger partial charge in [0.15, 0.2) is 0 Å². The van der Waals surface area contributed by atoms with Gasteiger partial charge in [0.25, 0.3) is 0 Å². The minimum Gasteiger partial charge on any atom is -0.125 e. The lowest BCUT2D eigenvalue weighted by Crippen LogP contribution is -2.08. The second-order valence-electron chi connectivity index (χ2n) is 6.24. The molecule has 2 aromatic rings. The Labute approximate surface area is 141 Å². The second-order valence-corrected chi connectivity index (χ2v) is 8.34. The molecule has 2 heteroatoms. The van der Waals surface area contributed by atoms with Crippen LogP contribution in [0.25, 0.3) is 0 Å². The van der Waals surface area contributed by atoms with Crippen molar-refractivity contribution in [2.45, 2.75) is 29.1 Å². The van der Waals surface area contributed by atoms with E-state index in [1.165, 1.54) is 40.6 Å². The van der Waals surface area contributed by atoms with E-state index in [0.717, 1.165) is 0 Å². The highest BCUT2D eigenvalue weighted by Crippen LogP contribution is 2.61. The van der Waals surface area contributed by atoms with E-state index in [1.54, 1.807) is 11.1 Å². The SMILES string of the molecule is c1ccc(SCC2(CSc3ccccc3)CC2=C2CC2)cc1. The molecule has 0 amide bonds. The monoisotopic (exact) mass is 324 g/mol. The van der Waals surface area contributed by atoms with Gasteiger partial charge in [0.05, 0.1) is 0 Å². The van der Waals surface area contributed by atoms with E-state index in [9.17, 15) is 0 Å². The molecule has 0 heterocycles. The number of thioether (sulfide) groups is 2. The fraction of sp³-hybridized carbons (Fsp3) is 0.300. The third-order valence-corrected chi connectivity index (χ3v) is 7.08. The lowest BCUT2D eigenvalue weighted by Gasteiger charge is -2.14. The summed E-state index contributed by atoms with van der Waals surface area (Å²) in [6, 6.07) is 21.7. The zero-order valence-electron chi connectivity index (χ0n) is 12.6. The lowest BCUT2D eigenvalue weighted by molar-refractivity contribution is 0.713. The Morgan fingerprint density at radius 3 is 1.68 bits per heavy atom. The van der Waals surface area contributed by atoms with Crippen molar-refractivity contribution >= 4 is 23.5 Å². The average molecular weight is 325 g/mol. The van der Waals surface area contributed by atoms with Crippen molar-refractivity contribution in [3.05, 3.63) is 71.8 Å². The first kappa shape index (κ1) is 14.5. The Balaban J connectivity index is 1.43. The Hall–Kier alpha value is -1.12. The average Bonchev–Trinajstić information content (AvgIpc) is 3.47. The minimum atomic E-state index is 0.465. The molecule has 0 bridgehead atoms. The minimum absolute atomic E-state index is 0.465. The van der Waals surface area contributed by atoms with E-state index < -0.39 is 0 Å². The number of rotatable bonds is 6. The van der Waals surface area contributed by atoms with Crippen LogP contribution < -0.4 is 0 Å². The summed E-state index contributed by atoms with van der Waals surface area (Å²) in [6.07, 6.45) is 4.06. The first-order chi connectivity index (χ1) is 10.9. The van der Waals surface area contributed by atoms with Crippen molar-refractivity contribution < 1.29 is 0 Å². The maximum Gasteiger partial charge on any atom is 0.0140 e. The first-order valence-electron chi connectivity index (χ1n) is 7.93. The molecule has 2 saturated carbocycles. The van der Waals surface area contributed by atoms with E-state index in [0.29, 0.717) is 5.41 Å². The van der Waals surface area contributed by atoms with E-state index in [1.807, 2.05) is 23.5 Å². The molecular weight excluding hydrogens is 304 g/mol. The van der Waals surface area contributed by atoms with Gasteiger partial charge < -0.3 is 0 Å². The highest BCUT2D eigenvalue weighted by Gasteiger charge is 2.51. The summed E-state index contributed by atoms with van der Waals surface area (Å²) in [4.78, 5) is 2.80. The summed E-state index contributed by atoms with van der Waals surface area (Å²) in [7, 11) is 0. The molecule has 0 atom stereocenters. The summed E-state index contributed by atoms with van der Waals surface area (Å²) < 4.78 is 0. The molecular formula is C20H20S2. The molecule has 2 aromatic carbocycles. The molecule has 0 spiro atoms. The summed E-state index contributed by atoms with van der Waals surface area (Å²) in [5, 5.41) is 0. The fourth-order valence-electron chi connectivity index (χ4n) is 2.95. The quantitative estimate of drug-likeness (QED) is 0.468. The van der Waals surface area contributed by atoms with Crippen LogP contribution in [0, 0.1) is 5.41 Å². The predicted molar refractivity (Wildman–Crippen MR) is 97.6 cm³/mol. The van der Waals surface area contributed by atoms with Gasteiger partial charge in [-0.15, -0.1) is 23.5 Å². The van der Waals surface area contributed by atoms with Crippen LogP contribution in [0.4, 0.5) is 0 Å². The van der Waals surface area contributed by atoms with Crippen molar-refractivity contribution in [3.63, 3.8) is 0 Å². The van der Waals surface area contributed by atoms with E-state index >= 15 is 0 Å². The van der Waals surface area contributed by atoms with Gasteiger partial charge in [0.1, 0.15) is 0 Å². The molecule has 0 N–H and O–H groups in total. The number of hydrogen-bond donors (Lipinski definition) is 0. The van der Waals surface area contributed by atoms with Crippen LogP contribution in [0.2, 0.25) is 0 Å². The van der Waals surface area contributed by atoms with E-state index in [-0.39, 0.29) is 0 Å². The normalized spacial score (nSPS) is 18.4. The molecule has 0 unspecified atom stereocenters. The Morgan fingerprint density at radius 2 is 1.23 bits per heavy atom. The first-order valence-corrected chi connectivity index (χ1v) is 9.90. The predicted octanol–water partition coefficient (Wildman–Crippen LogP) is 6.05. The molecule has 0 radical (unpaired) electrons. The van der Waals surface area contributed by atoms with Crippen molar-refractivity contribution in [2.24, 2.45) is 5.41 Å². The molecule has 112 valence electrons. The van der Waals surface area contributed by atoms with Crippen molar-refractivity contribution in [1.29, 1.82) is 0 Å². The van der Waals surface area contributed by atoms with Gasteiger partial charge in [-0.1, -0.05) is 47.5 Å². The molecule has 4 rings (SSSR count). The Bertz CT molecular complexity index is 624. The summed E-state index contributed by atoms with van der Waals surface area (Å²) in [6.45, 7) is 0. The number of hydrogen-bond acceptors (Lipinski definition) is 2. The van der Waals surface area contributed by atoms with E-state index in [4.69, 9.17) is 0 Å². The number of allylic oxidation sites excluding steroid dienone is 2. The number of benzene rings is 2. The van der Waals surface area contributed by atoms with Gasteiger partial charge in [-0.2, -0.15) is 0 Å². The summed E-state index contributed by atoms with van der Waals surface area (Å²) >= 11 is 4.05. The standard InChI is InChI=1S/C20H20S2/c1-3-7-17(8-4-1)21-14-20(13-19(20)16-11-12-16)15-22-18-9-5-2-6-10-18/h1-10H,11-15H2. The molecule has 0 nitrogen and oxygen atoms in total. The van der Waals surface area contributed by atoms with Gasteiger partial charge in [-0.05, 0) is 43.5 Å². The van der Waals surface area contributed by atoms with Crippen molar-refractivity contribution in [2.75, 3.05) is 11.5 Å². The highest BCUT2D eigenvalue weighted by molar-refractivity contribution is 8.00. The second kappa shape index (κ2) is 6.17. The zero-order chi connectivity index (χ0) is 14.8. The molecule has 0 saturated heterocycles. The molecule has 2 fully saturated rings. The molecule has 2 aliphatic carbocycles. The van der Waals surface area contributed by atoms with Crippen molar-refractivity contribution in [1.82, 2.24) is 0 Å². The zero-order valence-corrected chi connectivity index (χ0v) is 14.3. The lowest BCUT2D eigenvalue weighted by atomic mass is 10.1. The van der Waals surface area contributed by atoms with Gasteiger partial charge in [-0.25, -0.2) is 0 Å². The maximum absolute atomic E-state index is 2.23. The third-order valence-electron chi connectivity index (χ3n) is 4.47. The van der Waals surface area contributed by atoms with Crippen molar-refractivity contribution in [3.8, 4) is 0 Å². The molecule has 2 aliphatic rings. The Morgan fingerprint density at radius 1 is 0.727 bits per heavy atom. The third kappa shape index (κ3) is 3.28. The smallest absolute Gasteiger partial charge is 0.0140 e. The van der Waals surface area contributed by atoms with Crippen LogP contribution in [0.15, 0.2) is 81.6 Å². The van der Waals surface area contributed by atoms with Crippen LogP contribution in [0.3, 0.4) is 0 Å². The van der Waals surface area contributed by atoms with Gasteiger partial charge in [0.2, 0.25) is 0 Å². The Kier molecular flexibility index (Phi) is 4.06. The maximum atomic E-state index is 2.23. The molecule has 0 aliphatic heterocycles. The largest absolute Gasteiger partial charge is 0.125 e. The topological polar surface area (TPSA) is 0 Å². The van der Waals surface area contributed by atoms with E-state index in [2.05, 4.69) is 60.7 Å². The molecule has 22 heavy (non-hydrogen) atoms. The summed E-state index contributed by atoms with van der Waals surface area (Å²) in [5.74, 6) is 2.46. The fourth-order valence-corrected chi connectivity index (χ4v) is 5.42.